The molecule has 0 saturated carbocycles. The number of benzene rings is 1. The highest BCUT2D eigenvalue weighted by atomic mass is 16.2. The zero-order valence-corrected chi connectivity index (χ0v) is 13.4. The van der Waals surface area contributed by atoms with E-state index in [2.05, 4.69) is 30.7 Å². The summed E-state index contributed by atoms with van der Waals surface area (Å²) in [6.07, 6.45) is 2.96. The molecule has 114 valence electrons. The molecule has 3 rings (SSSR count). The molecule has 1 aliphatic rings. The Bertz CT molecular complexity index is 812. The number of amides is 1. The zero-order chi connectivity index (χ0) is 16.0. The van der Waals surface area contributed by atoms with Gasteiger partial charge >= 0.3 is 0 Å². The second-order valence-electron chi connectivity index (χ2n) is 5.80. The van der Waals surface area contributed by atoms with E-state index in [0.717, 1.165) is 23.4 Å². The molecule has 0 radical (unpaired) electrons. The molecule has 22 heavy (non-hydrogen) atoms. The lowest BCUT2D eigenvalue weighted by molar-refractivity contribution is -0.110. The quantitative estimate of drug-likeness (QED) is 0.660. The molecule has 0 saturated heterocycles. The Morgan fingerprint density at radius 2 is 2.05 bits per heavy atom. The van der Waals surface area contributed by atoms with E-state index >= 15 is 0 Å². The average Bonchev–Trinajstić information content (AvgIpc) is 2.89. The molecule has 2 aromatic rings. The molecule has 0 aliphatic carbocycles. The second-order valence-corrected chi connectivity index (χ2v) is 5.80. The number of fused-ring (bicyclic) bond motifs is 1. The molecular formula is C18H21N3O. The number of carbonyl (C=O) groups is 1. The number of anilines is 2. The smallest absolute Gasteiger partial charge is 0.256 e. The largest absolute Gasteiger partial charge is 0.399 e. The molecule has 1 aromatic carbocycles. The number of rotatable bonds is 2. The van der Waals surface area contributed by atoms with Crippen LogP contribution in [0, 0.1) is 13.8 Å². The zero-order valence-electron chi connectivity index (χ0n) is 13.4. The monoisotopic (exact) mass is 295 g/mol. The van der Waals surface area contributed by atoms with E-state index in [1.165, 1.54) is 16.8 Å². The van der Waals surface area contributed by atoms with Gasteiger partial charge in [0.15, 0.2) is 0 Å². The normalized spacial score (nSPS) is 15.3. The van der Waals surface area contributed by atoms with E-state index in [1.807, 2.05) is 25.3 Å². The summed E-state index contributed by atoms with van der Waals surface area (Å²) in [5.74, 6) is -0.0723. The van der Waals surface area contributed by atoms with Crippen molar-refractivity contribution in [1.29, 1.82) is 0 Å². The van der Waals surface area contributed by atoms with E-state index in [4.69, 9.17) is 5.73 Å². The molecule has 2 heterocycles. The summed E-state index contributed by atoms with van der Waals surface area (Å²) in [6.45, 7) is 6.39. The lowest BCUT2D eigenvalue weighted by Gasteiger charge is -2.04. The third-order valence-corrected chi connectivity index (χ3v) is 4.60. The van der Waals surface area contributed by atoms with Gasteiger partial charge in [-0.1, -0.05) is 6.92 Å². The maximum absolute atomic E-state index is 12.3. The van der Waals surface area contributed by atoms with Gasteiger partial charge in [-0.3, -0.25) is 4.79 Å². The first-order chi connectivity index (χ1) is 10.4. The average molecular weight is 295 g/mol. The number of hydrogen-bond acceptors (Lipinski definition) is 2. The van der Waals surface area contributed by atoms with Crippen molar-refractivity contribution in [2.75, 3.05) is 11.1 Å². The number of carbonyl (C=O) groups excluding carboxylic acids is 1. The number of nitrogens with two attached hydrogens (primary N) is 1. The Labute approximate surface area is 130 Å². The molecule has 1 amide bonds. The summed E-state index contributed by atoms with van der Waals surface area (Å²) < 4.78 is 2.15. The van der Waals surface area contributed by atoms with E-state index < -0.39 is 0 Å². The molecule has 0 unspecified atom stereocenters. The van der Waals surface area contributed by atoms with Crippen molar-refractivity contribution >= 4 is 28.9 Å². The summed E-state index contributed by atoms with van der Waals surface area (Å²) >= 11 is 0. The molecule has 4 heteroatoms. The Morgan fingerprint density at radius 3 is 2.68 bits per heavy atom. The minimum Gasteiger partial charge on any atom is -0.399 e. The molecule has 3 N–H and O–H groups in total. The summed E-state index contributed by atoms with van der Waals surface area (Å²) in [7, 11) is 2.04. The first-order valence-corrected chi connectivity index (χ1v) is 7.51. The highest BCUT2D eigenvalue weighted by Crippen LogP contribution is 2.35. The molecule has 1 aliphatic heterocycles. The van der Waals surface area contributed by atoms with Gasteiger partial charge in [0.05, 0.1) is 5.57 Å². The van der Waals surface area contributed by atoms with Gasteiger partial charge in [-0.15, -0.1) is 0 Å². The lowest BCUT2D eigenvalue weighted by Crippen LogP contribution is -2.04. The minimum absolute atomic E-state index is 0.0723. The number of nitrogens with zero attached hydrogens (tertiary/aromatic N) is 1. The maximum atomic E-state index is 12.3. The molecule has 0 spiro atoms. The Balaban J connectivity index is 2.19. The summed E-state index contributed by atoms with van der Waals surface area (Å²) in [6, 6.07) is 5.50. The predicted octanol–water partition coefficient (Wildman–Crippen LogP) is 3.28. The Kier molecular flexibility index (Phi) is 3.32. The van der Waals surface area contributed by atoms with Crippen LogP contribution in [0.2, 0.25) is 0 Å². The first-order valence-electron chi connectivity index (χ1n) is 7.51. The fourth-order valence-corrected chi connectivity index (χ4v) is 3.27. The topological polar surface area (TPSA) is 60.1 Å². The van der Waals surface area contributed by atoms with Gasteiger partial charge in [-0.25, -0.2) is 0 Å². The molecule has 1 aromatic heterocycles. The van der Waals surface area contributed by atoms with E-state index in [1.54, 1.807) is 6.07 Å². The molecule has 0 fully saturated rings. The molecule has 0 bridgehead atoms. The highest BCUT2D eigenvalue weighted by molar-refractivity contribution is 6.35. The minimum atomic E-state index is -0.0723. The van der Waals surface area contributed by atoms with Crippen molar-refractivity contribution in [2.24, 2.45) is 7.05 Å². The van der Waals surface area contributed by atoms with Crippen LogP contribution in [0.5, 0.6) is 0 Å². The van der Waals surface area contributed by atoms with Crippen molar-refractivity contribution in [3.8, 4) is 0 Å². The van der Waals surface area contributed by atoms with E-state index in [0.29, 0.717) is 11.3 Å². The highest BCUT2D eigenvalue weighted by Gasteiger charge is 2.25. The van der Waals surface area contributed by atoms with Crippen molar-refractivity contribution in [2.45, 2.75) is 27.2 Å². The van der Waals surface area contributed by atoms with Gasteiger partial charge in [0.2, 0.25) is 0 Å². The number of hydrogen-bond donors (Lipinski definition) is 2. The van der Waals surface area contributed by atoms with Crippen molar-refractivity contribution < 1.29 is 4.79 Å². The van der Waals surface area contributed by atoms with Gasteiger partial charge in [-0.05, 0) is 55.7 Å². The van der Waals surface area contributed by atoms with Gasteiger partial charge in [0, 0.05) is 35.4 Å². The molecule has 0 atom stereocenters. The third-order valence-electron chi connectivity index (χ3n) is 4.60. The van der Waals surface area contributed by atoms with Crippen LogP contribution in [-0.4, -0.2) is 10.5 Å². The Hall–Kier alpha value is -2.49. The fourth-order valence-electron chi connectivity index (χ4n) is 3.27. The Morgan fingerprint density at radius 1 is 1.32 bits per heavy atom. The van der Waals surface area contributed by atoms with Crippen LogP contribution in [0.1, 0.15) is 35.0 Å². The first kappa shape index (κ1) is 14.4. The molecule has 4 nitrogen and oxygen atoms in total. The van der Waals surface area contributed by atoms with E-state index in [-0.39, 0.29) is 5.91 Å². The van der Waals surface area contributed by atoms with Crippen LogP contribution in [0.15, 0.2) is 18.2 Å². The van der Waals surface area contributed by atoms with Crippen LogP contribution in [0.25, 0.3) is 11.6 Å². The number of aromatic nitrogens is 1. The lowest BCUT2D eigenvalue weighted by atomic mass is 10.0. The van der Waals surface area contributed by atoms with Crippen LogP contribution < -0.4 is 11.1 Å². The maximum Gasteiger partial charge on any atom is 0.256 e. The number of nitrogens with one attached hydrogen (secondary N) is 1. The van der Waals surface area contributed by atoms with Gasteiger partial charge in [-0.2, -0.15) is 0 Å². The number of nitrogen functional groups attached to an aromatic ring is 1. The third kappa shape index (κ3) is 2.03. The SMILES string of the molecule is CCc1c(C)c(C=C2C(=O)Nc3ccc(N)cc32)n(C)c1C. The van der Waals surface area contributed by atoms with Gasteiger partial charge < -0.3 is 15.6 Å². The van der Waals surface area contributed by atoms with Crippen molar-refractivity contribution in [3.63, 3.8) is 0 Å². The van der Waals surface area contributed by atoms with Crippen LogP contribution >= 0.6 is 0 Å². The van der Waals surface area contributed by atoms with Gasteiger partial charge in [0.1, 0.15) is 0 Å². The van der Waals surface area contributed by atoms with E-state index in [9.17, 15) is 4.79 Å². The summed E-state index contributed by atoms with van der Waals surface area (Å²) in [4.78, 5) is 12.3. The van der Waals surface area contributed by atoms with Crippen LogP contribution in [0.3, 0.4) is 0 Å². The summed E-state index contributed by atoms with van der Waals surface area (Å²) in [5.41, 5.74) is 13.8. The van der Waals surface area contributed by atoms with Crippen molar-refractivity contribution in [3.05, 3.63) is 46.3 Å². The standard InChI is InChI=1S/C18H21N3O/c1-5-13-10(2)17(21(4)11(13)3)9-15-14-8-12(19)6-7-16(14)20-18(15)22/h6-9H,5,19H2,1-4H3,(H,20,22). The summed E-state index contributed by atoms with van der Waals surface area (Å²) in [5, 5.41) is 2.90. The second kappa shape index (κ2) is 5.05. The van der Waals surface area contributed by atoms with Crippen molar-refractivity contribution in [1.82, 2.24) is 4.57 Å². The predicted molar refractivity (Wildman–Crippen MR) is 91.6 cm³/mol. The van der Waals surface area contributed by atoms with Gasteiger partial charge in [0.25, 0.3) is 5.91 Å². The fraction of sp³-hybridized carbons (Fsp3) is 0.278. The molecular weight excluding hydrogens is 274 g/mol. The van der Waals surface area contributed by atoms with Crippen LogP contribution in [0.4, 0.5) is 11.4 Å². The van der Waals surface area contributed by atoms with Crippen LogP contribution in [-0.2, 0) is 18.3 Å².